The van der Waals surface area contributed by atoms with Gasteiger partial charge in [0.2, 0.25) is 5.91 Å². The fourth-order valence-electron chi connectivity index (χ4n) is 4.34. The summed E-state index contributed by atoms with van der Waals surface area (Å²) in [5.74, 6) is 1.70. The summed E-state index contributed by atoms with van der Waals surface area (Å²) in [7, 11) is 3.80. The summed E-state index contributed by atoms with van der Waals surface area (Å²) in [5.41, 5.74) is 3.72. The molecule has 2 aliphatic heterocycles. The van der Waals surface area contributed by atoms with Crippen LogP contribution in [0.2, 0.25) is 0 Å². The minimum Gasteiger partial charge on any atom is -0.352 e. The molecule has 0 aliphatic carbocycles. The van der Waals surface area contributed by atoms with E-state index >= 15 is 0 Å². The summed E-state index contributed by atoms with van der Waals surface area (Å²) in [6, 6.07) is 8.37. The molecule has 2 saturated heterocycles. The summed E-state index contributed by atoms with van der Waals surface area (Å²) in [4.78, 5) is 20.8. The Morgan fingerprint density at radius 1 is 1.28 bits per heavy atom. The highest BCUT2D eigenvalue weighted by Crippen LogP contribution is 2.26. The van der Waals surface area contributed by atoms with Crippen molar-refractivity contribution in [2.75, 3.05) is 26.7 Å². The monoisotopic (exact) mass is 394 g/mol. The molecule has 0 spiro atoms. The van der Waals surface area contributed by atoms with Crippen molar-refractivity contribution in [3.8, 4) is 0 Å². The van der Waals surface area contributed by atoms with Gasteiger partial charge < -0.3 is 15.1 Å². The molecule has 0 bridgehead atoms. The lowest BCUT2D eigenvalue weighted by atomic mass is 10.0. The first-order valence-electron chi connectivity index (χ1n) is 10.4. The number of nitrogens with zero attached hydrogens (tertiary/aromatic N) is 5. The molecule has 0 saturated carbocycles. The van der Waals surface area contributed by atoms with Gasteiger partial charge in [-0.1, -0.05) is 24.3 Å². The predicted octanol–water partition coefficient (Wildman–Crippen LogP) is 2.11. The maximum Gasteiger partial charge on any atom is 0.222 e. The Labute approximate surface area is 172 Å². The van der Waals surface area contributed by atoms with E-state index < -0.39 is 0 Å². The number of aromatic nitrogens is 2. The van der Waals surface area contributed by atoms with E-state index in [0.29, 0.717) is 25.4 Å². The number of likely N-dealkylation sites (tertiary alicyclic amines) is 2. The van der Waals surface area contributed by atoms with Crippen molar-refractivity contribution in [3.63, 3.8) is 0 Å². The molecule has 2 fully saturated rings. The van der Waals surface area contributed by atoms with E-state index in [4.69, 9.17) is 0 Å². The Bertz CT molecular complexity index is 889. The number of benzene rings is 1. The topological polar surface area (TPSA) is 65.8 Å². The first-order chi connectivity index (χ1) is 14.1. The molecule has 1 atom stereocenters. The van der Waals surface area contributed by atoms with Crippen molar-refractivity contribution >= 4 is 11.9 Å². The molecule has 0 radical (unpaired) electrons. The van der Waals surface area contributed by atoms with E-state index in [2.05, 4.69) is 44.7 Å². The second kappa shape index (κ2) is 8.68. The van der Waals surface area contributed by atoms with Crippen LogP contribution in [0.3, 0.4) is 0 Å². The van der Waals surface area contributed by atoms with Crippen LogP contribution >= 0.6 is 0 Å². The zero-order chi connectivity index (χ0) is 20.2. The summed E-state index contributed by atoms with van der Waals surface area (Å²) >= 11 is 0. The molecule has 1 N–H and O–H groups in total. The summed E-state index contributed by atoms with van der Waals surface area (Å²) in [6.07, 6.45) is 6.85. The molecule has 1 aromatic carbocycles. The van der Waals surface area contributed by atoms with Crippen LogP contribution < -0.4 is 5.32 Å². The highest BCUT2D eigenvalue weighted by atomic mass is 16.2. The van der Waals surface area contributed by atoms with Gasteiger partial charge in [0, 0.05) is 65.4 Å². The normalized spacial score (nSPS) is 20.0. The van der Waals surface area contributed by atoms with Crippen LogP contribution in [0, 0.1) is 0 Å². The molecule has 154 valence electrons. The predicted molar refractivity (Wildman–Crippen MR) is 113 cm³/mol. The zero-order valence-corrected chi connectivity index (χ0v) is 17.3. The van der Waals surface area contributed by atoms with Gasteiger partial charge >= 0.3 is 0 Å². The number of carbonyl (C=O) groups is 1. The van der Waals surface area contributed by atoms with Crippen LogP contribution in [-0.4, -0.2) is 58.1 Å². The van der Waals surface area contributed by atoms with Crippen molar-refractivity contribution in [1.82, 2.24) is 24.9 Å². The average molecular weight is 395 g/mol. The second-order valence-electron chi connectivity index (χ2n) is 7.97. The SMILES string of the molecule is CN=C(NCc1ccccc1CN1CCCC1=O)N1CCC(c2cnn(C)c2)C1. The molecule has 2 aliphatic rings. The highest BCUT2D eigenvalue weighted by Gasteiger charge is 2.27. The van der Waals surface area contributed by atoms with Crippen molar-refractivity contribution < 1.29 is 4.79 Å². The van der Waals surface area contributed by atoms with Crippen molar-refractivity contribution in [3.05, 3.63) is 53.3 Å². The number of carbonyl (C=O) groups excluding carboxylic acids is 1. The Morgan fingerprint density at radius 2 is 2.10 bits per heavy atom. The van der Waals surface area contributed by atoms with E-state index in [1.807, 2.05) is 35.9 Å². The van der Waals surface area contributed by atoms with E-state index in [9.17, 15) is 4.79 Å². The lowest BCUT2D eigenvalue weighted by molar-refractivity contribution is -0.128. The number of rotatable bonds is 5. The Hall–Kier alpha value is -2.83. The van der Waals surface area contributed by atoms with Crippen LogP contribution in [0.5, 0.6) is 0 Å². The third-order valence-electron chi connectivity index (χ3n) is 5.98. The number of aliphatic imine (C=N–C) groups is 1. The first-order valence-corrected chi connectivity index (χ1v) is 10.4. The van der Waals surface area contributed by atoms with Gasteiger partial charge in [0.05, 0.1) is 6.20 Å². The van der Waals surface area contributed by atoms with E-state index in [-0.39, 0.29) is 5.91 Å². The largest absolute Gasteiger partial charge is 0.352 e. The van der Waals surface area contributed by atoms with Gasteiger partial charge in [0.1, 0.15) is 0 Å². The van der Waals surface area contributed by atoms with Gasteiger partial charge in [0.25, 0.3) is 0 Å². The highest BCUT2D eigenvalue weighted by molar-refractivity contribution is 5.80. The maximum absolute atomic E-state index is 12.0. The zero-order valence-electron chi connectivity index (χ0n) is 17.3. The maximum atomic E-state index is 12.0. The molecule has 3 heterocycles. The average Bonchev–Trinajstić information content (AvgIpc) is 3.46. The number of hydrogen-bond acceptors (Lipinski definition) is 3. The Balaban J connectivity index is 1.37. The quantitative estimate of drug-likeness (QED) is 0.623. The molecular weight excluding hydrogens is 364 g/mol. The van der Waals surface area contributed by atoms with Gasteiger partial charge in [-0.25, -0.2) is 0 Å². The first kappa shape index (κ1) is 19.5. The van der Waals surface area contributed by atoms with E-state index in [1.54, 1.807) is 0 Å². The lowest BCUT2D eigenvalue weighted by Gasteiger charge is -2.23. The van der Waals surface area contributed by atoms with Crippen LogP contribution in [0.4, 0.5) is 0 Å². The Kier molecular flexibility index (Phi) is 5.83. The summed E-state index contributed by atoms with van der Waals surface area (Å²) in [6.45, 7) is 4.21. The van der Waals surface area contributed by atoms with Crippen LogP contribution in [0.1, 0.15) is 41.9 Å². The molecule has 4 rings (SSSR count). The molecule has 1 amide bonds. The molecule has 29 heavy (non-hydrogen) atoms. The fourth-order valence-corrected chi connectivity index (χ4v) is 4.34. The van der Waals surface area contributed by atoms with Crippen molar-refractivity contribution in [2.45, 2.75) is 38.3 Å². The molecule has 1 unspecified atom stereocenters. The minimum atomic E-state index is 0.266. The number of hydrogen-bond donors (Lipinski definition) is 1. The standard InChI is InChI=1S/C22H30N6O/c1-23-22(28-11-9-19(16-28)20-13-25-26(2)14-20)24-12-17-6-3-4-7-18(17)15-27-10-5-8-21(27)29/h3-4,6-7,13-14,19H,5,8-12,15-16H2,1-2H3,(H,23,24). The third-order valence-corrected chi connectivity index (χ3v) is 5.98. The Morgan fingerprint density at radius 3 is 2.79 bits per heavy atom. The number of guanidine groups is 1. The molecular formula is C22H30N6O. The molecule has 7 heteroatoms. The van der Waals surface area contributed by atoms with Crippen molar-refractivity contribution in [2.24, 2.45) is 12.0 Å². The molecule has 1 aromatic heterocycles. The van der Waals surface area contributed by atoms with E-state index in [0.717, 1.165) is 38.4 Å². The van der Waals surface area contributed by atoms with Crippen LogP contribution in [0.25, 0.3) is 0 Å². The third kappa shape index (κ3) is 4.44. The minimum absolute atomic E-state index is 0.266. The van der Waals surface area contributed by atoms with Crippen molar-refractivity contribution in [1.29, 1.82) is 0 Å². The van der Waals surface area contributed by atoms with Gasteiger partial charge in [-0.2, -0.15) is 5.10 Å². The van der Waals surface area contributed by atoms with Crippen LogP contribution in [0.15, 0.2) is 41.7 Å². The lowest BCUT2D eigenvalue weighted by Crippen LogP contribution is -2.39. The van der Waals surface area contributed by atoms with Gasteiger partial charge in [0.15, 0.2) is 5.96 Å². The van der Waals surface area contributed by atoms with Gasteiger partial charge in [-0.15, -0.1) is 0 Å². The molecule has 2 aromatic rings. The fraction of sp³-hybridized carbons (Fsp3) is 0.500. The number of amides is 1. The second-order valence-corrected chi connectivity index (χ2v) is 7.97. The van der Waals surface area contributed by atoms with Crippen LogP contribution in [-0.2, 0) is 24.9 Å². The smallest absolute Gasteiger partial charge is 0.222 e. The molecule has 7 nitrogen and oxygen atoms in total. The van der Waals surface area contributed by atoms with Gasteiger partial charge in [-0.05, 0) is 29.5 Å². The van der Waals surface area contributed by atoms with E-state index in [1.165, 1.54) is 16.7 Å². The number of aryl methyl sites for hydroxylation is 1. The van der Waals surface area contributed by atoms with Gasteiger partial charge in [-0.3, -0.25) is 14.5 Å². The summed E-state index contributed by atoms with van der Waals surface area (Å²) < 4.78 is 1.87. The summed E-state index contributed by atoms with van der Waals surface area (Å²) in [5, 5.41) is 7.84. The number of nitrogens with one attached hydrogen (secondary N) is 1.